The molecule has 1 aromatic carbocycles. The van der Waals surface area contributed by atoms with Crippen LogP contribution in [0.3, 0.4) is 0 Å². The lowest BCUT2D eigenvalue weighted by molar-refractivity contribution is 0.698. The zero-order valence-electron chi connectivity index (χ0n) is 8.57. The van der Waals surface area contributed by atoms with Gasteiger partial charge in [0.25, 0.3) is 0 Å². The number of nitriles is 1. The topological polar surface area (TPSA) is 27.0 Å². The molecule has 2 atom stereocenters. The Balaban J connectivity index is 2.46. The van der Waals surface area contributed by atoms with Crippen LogP contribution in [-0.2, 0) is 0 Å². The van der Waals surface area contributed by atoms with E-state index in [2.05, 4.69) is 17.9 Å². The fraction of sp³-hybridized carbons (Fsp3) is 0.364. The van der Waals surface area contributed by atoms with Gasteiger partial charge in [-0.15, -0.1) is 11.8 Å². The lowest BCUT2D eigenvalue weighted by Crippen LogP contribution is -2.39. The quantitative estimate of drug-likeness (QED) is 0.695. The summed E-state index contributed by atoms with van der Waals surface area (Å²) in [5.74, 6) is 0. The summed E-state index contributed by atoms with van der Waals surface area (Å²) in [6.45, 7) is 2.07. The number of fused-ring (bicyclic) bond motifs is 1. The van der Waals surface area contributed by atoms with Gasteiger partial charge in [0.15, 0.2) is 0 Å². The molecule has 0 radical (unpaired) electrons. The maximum absolute atomic E-state index is 9.04. The molecule has 2 unspecified atom stereocenters. The molecule has 78 valence electrons. The molecule has 0 N–H and O–H groups in total. The Morgan fingerprint density at radius 2 is 2.27 bits per heavy atom. The Bertz CT molecular complexity index is 427. The van der Waals surface area contributed by atoms with E-state index in [1.165, 1.54) is 0 Å². The van der Waals surface area contributed by atoms with E-state index in [4.69, 9.17) is 16.9 Å². The zero-order valence-corrected chi connectivity index (χ0v) is 10.1. The summed E-state index contributed by atoms with van der Waals surface area (Å²) in [7, 11) is 2.02. The zero-order chi connectivity index (χ0) is 11.0. The summed E-state index contributed by atoms with van der Waals surface area (Å²) < 4.78 is 0. The van der Waals surface area contributed by atoms with Crippen molar-refractivity contribution in [2.45, 2.75) is 23.1 Å². The number of benzene rings is 1. The third kappa shape index (κ3) is 1.80. The molecule has 0 fully saturated rings. The van der Waals surface area contributed by atoms with Crippen molar-refractivity contribution in [2.24, 2.45) is 0 Å². The Morgan fingerprint density at radius 1 is 1.53 bits per heavy atom. The minimum absolute atomic E-state index is 0.0269. The van der Waals surface area contributed by atoms with Crippen molar-refractivity contribution in [2.75, 3.05) is 11.9 Å². The van der Waals surface area contributed by atoms with Crippen molar-refractivity contribution >= 4 is 29.1 Å². The highest BCUT2D eigenvalue weighted by atomic mass is 35.5. The maximum Gasteiger partial charge on any atom is 0.116 e. The number of hydrogen-bond donors (Lipinski definition) is 0. The SMILES string of the molecule is CC1C(C#N)Sc2cc(Cl)ccc2N1C. The van der Waals surface area contributed by atoms with Crippen molar-refractivity contribution in [1.29, 1.82) is 5.26 Å². The van der Waals surface area contributed by atoms with Crippen LogP contribution in [-0.4, -0.2) is 18.3 Å². The van der Waals surface area contributed by atoms with Crippen LogP contribution in [0.4, 0.5) is 5.69 Å². The second-order valence-electron chi connectivity index (χ2n) is 3.63. The molecule has 15 heavy (non-hydrogen) atoms. The van der Waals surface area contributed by atoms with Crippen molar-refractivity contribution in [3.8, 4) is 6.07 Å². The molecule has 0 saturated carbocycles. The van der Waals surface area contributed by atoms with Gasteiger partial charge in [0.2, 0.25) is 0 Å². The van der Waals surface area contributed by atoms with Crippen molar-refractivity contribution in [3.63, 3.8) is 0 Å². The monoisotopic (exact) mass is 238 g/mol. The summed E-state index contributed by atoms with van der Waals surface area (Å²) in [6, 6.07) is 8.37. The molecule has 0 aromatic heterocycles. The summed E-state index contributed by atoms with van der Waals surface area (Å²) in [5.41, 5.74) is 1.16. The number of nitrogens with zero attached hydrogens (tertiary/aromatic N) is 2. The van der Waals surface area contributed by atoms with Gasteiger partial charge >= 0.3 is 0 Å². The first-order valence-corrected chi connectivity index (χ1v) is 5.98. The number of thioether (sulfide) groups is 1. The smallest absolute Gasteiger partial charge is 0.116 e. The molecule has 2 rings (SSSR count). The van der Waals surface area contributed by atoms with Gasteiger partial charge in [0.1, 0.15) is 5.25 Å². The minimum Gasteiger partial charge on any atom is -0.369 e. The van der Waals surface area contributed by atoms with Crippen LogP contribution in [0.2, 0.25) is 5.02 Å². The number of hydrogen-bond acceptors (Lipinski definition) is 3. The molecule has 4 heteroatoms. The minimum atomic E-state index is -0.0269. The van der Waals surface area contributed by atoms with Crippen LogP contribution in [0.15, 0.2) is 23.1 Å². The van der Waals surface area contributed by atoms with Crippen molar-refractivity contribution in [1.82, 2.24) is 0 Å². The maximum atomic E-state index is 9.04. The third-order valence-electron chi connectivity index (χ3n) is 2.73. The molecule has 0 aliphatic carbocycles. The van der Waals surface area contributed by atoms with E-state index in [9.17, 15) is 0 Å². The Morgan fingerprint density at radius 3 is 2.93 bits per heavy atom. The van der Waals surface area contributed by atoms with Crippen LogP contribution in [0.5, 0.6) is 0 Å². The Hall–Kier alpha value is -0.850. The molecule has 1 aliphatic heterocycles. The summed E-state index contributed by atoms with van der Waals surface area (Å²) in [6.07, 6.45) is 0. The lowest BCUT2D eigenvalue weighted by atomic mass is 10.2. The van der Waals surface area contributed by atoms with E-state index in [-0.39, 0.29) is 11.3 Å². The van der Waals surface area contributed by atoms with Gasteiger partial charge in [-0.25, -0.2) is 0 Å². The van der Waals surface area contributed by atoms with Crippen LogP contribution < -0.4 is 4.90 Å². The van der Waals surface area contributed by atoms with Crippen LogP contribution in [0, 0.1) is 11.3 Å². The second-order valence-corrected chi connectivity index (χ2v) is 5.25. The average molecular weight is 239 g/mol. The summed E-state index contributed by atoms with van der Waals surface area (Å²) >= 11 is 7.53. The summed E-state index contributed by atoms with van der Waals surface area (Å²) in [4.78, 5) is 3.23. The molecule has 0 amide bonds. The van der Waals surface area contributed by atoms with E-state index < -0.39 is 0 Å². The molecule has 0 bridgehead atoms. The molecule has 1 aromatic rings. The standard InChI is InChI=1S/C11H11ClN2S/c1-7-11(6-13)15-10-5-8(12)3-4-9(10)14(7)2/h3-5,7,11H,1-2H3. The predicted octanol–water partition coefficient (Wildman–Crippen LogP) is 3.16. The van der Waals surface area contributed by atoms with Gasteiger partial charge in [-0.05, 0) is 25.1 Å². The first kappa shape index (κ1) is 10.7. The molecule has 0 saturated heterocycles. The molecular weight excluding hydrogens is 228 g/mol. The van der Waals surface area contributed by atoms with Gasteiger partial charge in [0.05, 0.1) is 17.8 Å². The van der Waals surface area contributed by atoms with Crippen molar-refractivity contribution < 1.29 is 0 Å². The normalized spacial score (nSPS) is 24.5. The van der Waals surface area contributed by atoms with Gasteiger partial charge in [-0.3, -0.25) is 0 Å². The Kier molecular flexibility index (Phi) is 2.81. The van der Waals surface area contributed by atoms with Gasteiger partial charge < -0.3 is 4.90 Å². The van der Waals surface area contributed by atoms with Gasteiger partial charge in [-0.1, -0.05) is 11.6 Å². The van der Waals surface area contributed by atoms with E-state index >= 15 is 0 Å². The second kappa shape index (κ2) is 3.96. The first-order chi connectivity index (χ1) is 7.13. The third-order valence-corrected chi connectivity index (χ3v) is 4.30. The largest absolute Gasteiger partial charge is 0.369 e. The number of anilines is 1. The van der Waals surface area contributed by atoms with Gasteiger partial charge in [-0.2, -0.15) is 5.26 Å². The lowest BCUT2D eigenvalue weighted by Gasteiger charge is -2.36. The molecule has 1 aliphatic rings. The number of halogens is 1. The summed E-state index contributed by atoms with van der Waals surface area (Å²) in [5, 5.41) is 9.74. The number of rotatable bonds is 0. The first-order valence-electron chi connectivity index (χ1n) is 4.72. The van der Waals surface area contributed by atoms with E-state index in [1.54, 1.807) is 11.8 Å². The van der Waals surface area contributed by atoms with Crippen LogP contribution in [0.25, 0.3) is 0 Å². The van der Waals surface area contributed by atoms with E-state index in [0.29, 0.717) is 0 Å². The van der Waals surface area contributed by atoms with E-state index in [0.717, 1.165) is 15.6 Å². The van der Waals surface area contributed by atoms with Crippen LogP contribution in [0.1, 0.15) is 6.92 Å². The highest BCUT2D eigenvalue weighted by molar-refractivity contribution is 8.00. The highest BCUT2D eigenvalue weighted by Crippen LogP contribution is 2.41. The predicted molar refractivity (Wildman–Crippen MR) is 64.6 cm³/mol. The average Bonchev–Trinajstić information content (AvgIpc) is 2.23. The molecule has 0 spiro atoms. The van der Waals surface area contributed by atoms with E-state index in [1.807, 2.05) is 25.2 Å². The van der Waals surface area contributed by atoms with Crippen LogP contribution >= 0.6 is 23.4 Å². The van der Waals surface area contributed by atoms with Gasteiger partial charge in [0, 0.05) is 17.0 Å². The fourth-order valence-electron chi connectivity index (χ4n) is 1.67. The molecule has 2 nitrogen and oxygen atoms in total. The Labute approximate surface area is 98.8 Å². The molecule has 1 heterocycles. The molecular formula is C11H11ClN2S. The fourth-order valence-corrected chi connectivity index (χ4v) is 3.14. The highest BCUT2D eigenvalue weighted by Gasteiger charge is 2.29. The van der Waals surface area contributed by atoms with Crippen molar-refractivity contribution in [3.05, 3.63) is 23.2 Å².